The molecule has 128 valence electrons. The number of hydrogen-bond acceptors (Lipinski definition) is 5. The quantitative estimate of drug-likeness (QED) is 0.872. The van der Waals surface area contributed by atoms with E-state index in [9.17, 15) is 9.90 Å². The van der Waals surface area contributed by atoms with Crippen LogP contribution in [0.15, 0.2) is 16.5 Å². The summed E-state index contributed by atoms with van der Waals surface area (Å²) in [5.41, 5.74) is -0.219. The summed E-state index contributed by atoms with van der Waals surface area (Å²) in [5, 5.41) is 10.1. The summed E-state index contributed by atoms with van der Waals surface area (Å²) in [5.74, 6) is 2.26. The Labute approximate surface area is 137 Å². The SMILES string of the molecule is COCC(=O)N1CC2CCN(Cc3ccc(C)o3)CC2(CO)C1. The van der Waals surface area contributed by atoms with Crippen molar-refractivity contribution in [1.29, 1.82) is 0 Å². The van der Waals surface area contributed by atoms with Crippen LogP contribution in [0.1, 0.15) is 17.9 Å². The Bertz CT molecular complexity index is 559. The van der Waals surface area contributed by atoms with Crippen molar-refractivity contribution in [1.82, 2.24) is 9.80 Å². The first kappa shape index (κ1) is 16.5. The Kier molecular flexibility index (Phi) is 4.75. The van der Waals surface area contributed by atoms with Gasteiger partial charge in [0.25, 0.3) is 0 Å². The first-order valence-electron chi connectivity index (χ1n) is 8.21. The van der Waals surface area contributed by atoms with Crippen LogP contribution in [-0.4, -0.2) is 67.3 Å². The van der Waals surface area contributed by atoms with Crippen LogP contribution in [-0.2, 0) is 16.1 Å². The minimum absolute atomic E-state index is 0.0166. The molecule has 2 aliphatic heterocycles. The molecule has 1 aromatic heterocycles. The number of likely N-dealkylation sites (tertiary alicyclic amines) is 2. The van der Waals surface area contributed by atoms with Gasteiger partial charge in [-0.1, -0.05) is 0 Å². The Morgan fingerprint density at radius 1 is 1.48 bits per heavy atom. The lowest BCUT2D eigenvalue weighted by Gasteiger charge is -2.42. The molecule has 0 saturated carbocycles. The van der Waals surface area contributed by atoms with Gasteiger partial charge >= 0.3 is 0 Å². The summed E-state index contributed by atoms with van der Waals surface area (Å²) < 4.78 is 10.6. The van der Waals surface area contributed by atoms with Crippen LogP contribution in [0.2, 0.25) is 0 Å². The smallest absolute Gasteiger partial charge is 0.248 e. The molecule has 0 spiro atoms. The van der Waals surface area contributed by atoms with E-state index in [0.717, 1.165) is 44.1 Å². The number of carbonyl (C=O) groups excluding carboxylic acids is 1. The summed E-state index contributed by atoms with van der Waals surface area (Å²) in [4.78, 5) is 16.3. The largest absolute Gasteiger partial charge is 0.465 e. The molecule has 0 bridgehead atoms. The number of aliphatic hydroxyl groups excluding tert-OH is 1. The van der Waals surface area contributed by atoms with Crippen molar-refractivity contribution < 1.29 is 19.1 Å². The maximum absolute atomic E-state index is 12.1. The lowest BCUT2D eigenvalue weighted by atomic mass is 9.74. The van der Waals surface area contributed by atoms with Gasteiger partial charge in [0.15, 0.2) is 0 Å². The van der Waals surface area contributed by atoms with Crippen molar-refractivity contribution in [2.45, 2.75) is 19.9 Å². The van der Waals surface area contributed by atoms with E-state index in [-0.39, 0.29) is 24.5 Å². The highest BCUT2D eigenvalue weighted by molar-refractivity contribution is 5.77. The second kappa shape index (κ2) is 6.63. The van der Waals surface area contributed by atoms with Crippen LogP contribution in [0.5, 0.6) is 0 Å². The molecule has 2 unspecified atom stereocenters. The van der Waals surface area contributed by atoms with Crippen molar-refractivity contribution in [3.8, 4) is 0 Å². The summed E-state index contributed by atoms with van der Waals surface area (Å²) in [6.07, 6.45) is 0.997. The van der Waals surface area contributed by atoms with E-state index in [1.807, 2.05) is 24.0 Å². The van der Waals surface area contributed by atoms with E-state index in [1.165, 1.54) is 7.11 Å². The van der Waals surface area contributed by atoms with Crippen LogP contribution in [0, 0.1) is 18.3 Å². The lowest BCUT2D eigenvalue weighted by Crippen LogP contribution is -2.50. The van der Waals surface area contributed by atoms with E-state index in [0.29, 0.717) is 12.5 Å². The lowest BCUT2D eigenvalue weighted by molar-refractivity contribution is -0.134. The average Bonchev–Trinajstić information content (AvgIpc) is 3.11. The summed E-state index contributed by atoms with van der Waals surface area (Å²) in [7, 11) is 1.54. The Morgan fingerprint density at radius 3 is 2.96 bits per heavy atom. The fourth-order valence-electron chi connectivity index (χ4n) is 4.03. The number of piperidine rings is 1. The number of fused-ring (bicyclic) bond motifs is 1. The average molecular weight is 322 g/mol. The van der Waals surface area contributed by atoms with Crippen molar-refractivity contribution in [3.05, 3.63) is 23.7 Å². The molecular formula is C17H26N2O4. The zero-order valence-electron chi connectivity index (χ0n) is 14.0. The standard InChI is InChI=1S/C17H26N2O4/c1-13-3-4-15(23-13)8-18-6-5-14-7-19(16(21)9-22-2)11-17(14,10-18)12-20/h3-4,14,20H,5-12H2,1-2H3. The van der Waals surface area contributed by atoms with Gasteiger partial charge in [0.05, 0.1) is 13.2 Å². The van der Waals surface area contributed by atoms with Gasteiger partial charge in [-0.05, 0) is 37.9 Å². The molecule has 2 aliphatic rings. The topological polar surface area (TPSA) is 66.2 Å². The zero-order valence-corrected chi connectivity index (χ0v) is 14.0. The molecule has 0 radical (unpaired) electrons. The maximum atomic E-state index is 12.1. The molecule has 1 amide bonds. The third-order valence-corrected chi connectivity index (χ3v) is 5.26. The molecule has 2 saturated heterocycles. The number of aryl methyl sites for hydroxylation is 1. The molecule has 2 fully saturated rings. The summed E-state index contributed by atoms with van der Waals surface area (Å²) >= 11 is 0. The first-order chi connectivity index (χ1) is 11.1. The summed E-state index contributed by atoms with van der Waals surface area (Å²) in [6, 6.07) is 3.99. The second-order valence-corrected chi connectivity index (χ2v) is 6.94. The molecule has 23 heavy (non-hydrogen) atoms. The predicted molar refractivity (Wildman–Crippen MR) is 84.8 cm³/mol. The minimum atomic E-state index is -0.219. The van der Waals surface area contributed by atoms with E-state index in [2.05, 4.69) is 4.90 Å². The fraction of sp³-hybridized carbons (Fsp3) is 0.706. The highest BCUT2D eigenvalue weighted by atomic mass is 16.5. The van der Waals surface area contributed by atoms with E-state index < -0.39 is 0 Å². The Balaban J connectivity index is 1.67. The first-order valence-corrected chi connectivity index (χ1v) is 8.21. The van der Waals surface area contributed by atoms with Gasteiger partial charge in [-0.2, -0.15) is 0 Å². The number of furan rings is 1. The van der Waals surface area contributed by atoms with E-state index in [4.69, 9.17) is 9.15 Å². The van der Waals surface area contributed by atoms with E-state index >= 15 is 0 Å². The van der Waals surface area contributed by atoms with E-state index in [1.54, 1.807) is 0 Å². The monoisotopic (exact) mass is 322 g/mol. The number of nitrogens with zero attached hydrogens (tertiary/aromatic N) is 2. The zero-order chi connectivity index (χ0) is 16.4. The summed E-state index contributed by atoms with van der Waals surface area (Å²) in [6.45, 7) is 6.05. The number of methoxy groups -OCH3 is 1. The molecule has 1 N–H and O–H groups in total. The molecule has 2 atom stereocenters. The van der Waals surface area contributed by atoms with Gasteiger partial charge in [0.1, 0.15) is 18.1 Å². The second-order valence-electron chi connectivity index (χ2n) is 6.94. The van der Waals surface area contributed by atoms with Crippen LogP contribution in [0.3, 0.4) is 0 Å². The number of carbonyl (C=O) groups is 1. The highest BCUT2D eigenvalue weighted by Crippen LogP contribution is 2.42. The normalized spacial score (nSPS) is 28.1. The predicted octanol–water partition coefficient (Wildman–Crippen LogP) is 0.877. The number of aliphatic hydroxyl groups is 1. The third kappa shape index (κ3) is 3.29. The molecule has 3 heterocycles. The highest BCUT2D eigenvalue weighted by Gasteiger charge is 2.50. The molecule has 1 aromatic rings. The van der Waals surface area contributed by atoms with Gasteiger partial charge in [0, 0.05) is 32.2 Å². The molecule has 6 nitrogen and oxygen atoms in total. The van der Waals surface area contributed by atoms with Gasteiger partial charge in [-0.25, -0.2) is 0 Å². The maximum Gasteiger partial charge on any atom is 0.248 e. The number of ether oxygens (including phenoxy) is 1. The molecular weight excluding hydrogens is 296 g/mol. The third-order valence-electron chi connectivity index (χ3n) is 5.26. The van der Waals surface area contributed by atoms with Crippen molar-refractivity contribution >= 4 is 5.91 Å². The van der Waals surface area contributed by atoms with Gasteiger partial charge in [0.2, 0.25) is 5.91 Å². The van der Waals surface area contributed by atoms with Crippen molar-refractivity contribution in [3.63, 3.8) is 0 Å². The number of hydrogen-bond donors (Lipinski definition) is 1. The van der Waals surface area contributed by atoms with Crippen molar-refractivity contribution in [2.75, 3.05) is 46.5 Å². The van der Waals surface area contributed by atoms with Crippen LogP contribution >= 0.6 is 0 Å². The molecule has 0 aliphatic carbocycles. The van der Waals surface area contributed by atoms with Crippen LogP contribution in [0.4, 0.5) is 0 Å². The molecule has 3 rings (SSSR count). The van der Waals surface area contributed by atoms with Crippen LogP contribution in [0.25, 0.3) is 0 Å². The number of amides is 1. The van der Waals surface area contributed by atoms with Gasteiger partial charge in [-0.3, -0.25) is 9.69 Å². The Morgan fingerprint density at radius 2 is 2.30 bits per heavy atom. The van der Waals surface area contributed by atoms with Crippen molar-refractivity contribution in [2.24, 2.45) is 11.3 Å². The van der Waals surface area contributed by atoms with Gasteiger partial charge in [-0.15, -0.1) is 0 Å². The van der Waals surface area contributed by atoms with Gasteiger partial charge < -0.3 is 19.2 Å². The minimum Gasteiger partial charge on any atom is -0.465 e. The molecule has 0 aromatic carbocycles. The molecule has 6 heteroatoms. The fourth-order valence-corrected chi connectivity index (χ4v) is 4.03. The van der Waals surface area contributed by atoms with Crippen LogP contribution < -0.4 is 0 Å². The Hall–Kier alpha value is -1.37. The number of rotatable bonds is 5.